The van der Waals surface area contributed by atoms with Crippen LogP contribution in [0.5, 0.6) is 17.5 Å². The van der Waals surface area contributed by atoms with Gasteiger partial charge in [0.25, 0.3) is 0 Å². The van der Waals surface area contributed by atoms with Crippen molar-refractivity contribution in [3.05, 3.63) is 42.0 Å². The van der Waals surface area contributed by atoms with Crippen molar-refractivity contribution in [1.82, 2.24) is 4.98 Å². The number of aromatic nitrogens is 1. The van der Waals surface area contributed by atoms with Gasteiger partial charge in [-0.15, -0.1) is 0 Å². The van der Waals surface area contributed by atoms with Gasteiger partial charge in [0.2, 0.25) is 11.8 Å². The largest absolute Gasteiger partial charge is 0.476 e. The maximum absolute atomic E-state index is 5.83. The number of nitrogen functional groups attached to an aromatic ring is 1. The fourth-order valence-corrected chi connectivity index (χ4v) is 1.79. The van der Waals surface area contributed by atoms with Crippen molar-refractivity contribution in [2.75, 3.05) is 19.5 Å². The van der Waals surface area contributed by atoms with Gasteiger partial charge >= 0.3 is 0 Å². The van der Waals surface area contributed by atoms with E-state index in [2.05, 4.69) is 4.98 Å². The van der Waals surface area contributed by atoms with E-state index in [1.165, 1.54) is 0 Å². The van der Waals surface area contributed by atoms with Gasteiger partial charge in [-0.1, -0.05) is 19.1 Å². The van der Waals surface area contributed by atoms with Gasteiger partial charge in [-0.25, -0.2) is 0 Å². The zero-order valence-corrected chi connectivity index (χ0v) is 12.3. The number of nitrogens with two attached hydrogens (primary N) is 1. The topological polar surface area (TPSA) is 66.6 Å². The molecule has 1 aromatic carbocycles. The highest BCUT2D eigenvalue weighted by Gasteiger charge is 2.06. The third-order valence-corrected chi connectivity index (χ3v) is 2.74. The third-order valence-electron chi connectivity index (χ3n) is 2.74. The predicted molar refractivity (Wildman–Crippen MR) is 81.7 cm³/mol. The number of methoxy groups -OCH3 is 1. The molecule has 0 aliphatic rings. The van der Waals surface area contributed by atoms with E-state index in [0.717, 1.165) is 12.0 Å². The van der Waals surface area contributed by atoms with E-state index in [1.807, 2.05) is 31.2 Å². The van der Waals surface area contributed by atoms with Gasteiger partial charge in [0.05, 0.1) is 18.9 Å². The summed E-state index contributed by atoms with van der Waals surface area (Å²) in [6.07, 6.45) is 0.894. The summed E-state index contributed by atoms with van der Waals surface area (Å²) in [7, 11) is 1.66. The van der Waals surface area contributed by atoms with Crippen LogP contribution in [0.4, 0.5) is 5.69 Å². The first-order valence-electron chi connectivity index (χ1n) is 6.88. The lowest BCUT2D eigenvalue weighted by Gasteiger charge is -2.10. The van der Waals surface area contributed by atoms with Crippen LogP contribution in [0, 0.1) is 0 Å². The van der Waals surface area contributed by atoms with Crippen LogP contribution in [0.2, 0.25) is 0 Å². The summed E-state index contributed by atoms with van der Waals surface area (Å²) in [4.78, 5) is 4.28. The number of anilines is 1. The first kappa shape index (κ1) is 15.1. The molecule has 21 heavy (non-hydrogen) atoms. The molecule has 0 aliphatic heterocycles. The molecule has 0 unspecified atom stereocenters. The Morgan fingerprint density at radius 3 is 2.81 bits per heavy atom. The molecule has 5 nitrogen and oxygen atoms in total. The minimum Gasteiger partial charge on any atom is -0.476 e. The summed E-state index contributed by atoms with van der Waals surface area (Å²) in [5.41, 5.74) is 7.37. The molecular weight excluding hydrogens is 268 g/mol. The SMILES string of the molecule is CCCOc1nc(Oc2cccc(COC)c2)ccc1N. The Hall–Kier alpha value is -2.27. The van der Waals surface area contributed by atoms with Crippen LogP contribution in [-0.2, 0) is 11.3 Å². The first-order valence-corrected chi connectivity index (χ1v) is 6.88. The Balaban J connectivity index is 2.13. The van der Waals surface area contributed by atoms with E-state index in [1.54, 1.807) is 19.2 Å². The van der Waals surface area contributed by atoms with Gasteiger partial charge < -0.3 is 19.9 Å². The lowest BCUT2D eigenvalue weighted by Crippen LogP contribution is -2.02. The van der Waals surface area contributed by atoms with Crippen molar-refractivity contribution in [2.24, 2.45) is 0 Å². The summed E-state index contributed by atoms with van der Waals surface area (Å²) >= 11 is 0. The van der Waals surface area contributed by atoms with E-state index in [-0.39, 0.29) is 0 Å². The highest BCUT2D eigenvalue weighted by atomic mass is 16.5. The van der Waals surface area contributed by atoms with Crippen molar-refractivity contribution in [1.29, 1.82) is 0 Å². The molecule has 0 amide bonds. The summed E-state index contributed by atoms with van der Waals surface area (Å²) in [5.74, 6) is 1.55. The standard InChI is InChI=1S/C16H20N2O3/c1-3-9-20-16-14(17)7-8-15(18-16)21-13-6-4-5-12(10-13)11-19-2/h4-8,10H,3,9,11,17H2,1-2H3. The number of ether oxygens (including phenoxy) is 3. The Bertz CT molecular complexity index is 587. The smallest absolute Gasteiger partial charge is 0.240 e. The zero-order chi connectivity index (χ0) is 15.1. The summed E-state index contributed by atoms with van der Waals surface area (Å²) in [5, 5.41) is 0. The van der Waals surface area contributed by atoms with Gasteiger partial charge in [-0.05, 0) is 30.2 Å². The number of pyridine rings is 1. The van der Waals surface area contributed by atoms with Gasteiger partial charge in [0.1, 0.15) is 5.75 Å². The Labute approximate surface area is 124 Å². The average Bonchev–Trinajstić information content (AvgIpc) is 2.48. The molecule has 2 aromatic rings. The Kier molecular flexibility index (Phi) is 5.40. The maximum atomic E-state index is 5.83. The number of benzene rings is 1. The number of hydrogen-bond donors (Lipinski definition) is 1. The molecule has 0 saturated heterocycles. The maximum Gasteiger partial charge on any atom is 0.240 e. The molecule has 0 radical (unpaired) electrons. The fraction of sp³-hybridized carbons (Fsp3) is 0.312. The predicted octanol–water partition coefficient (Wildman–Crippen LogP) is 3.39. The molecule has 0 spiro atoms. The molecule has 0 atom stereocenters. The van der Waals surface area contributed by atoms with E-state index >= 15 is 0 Å². The van der Waals surface area contributed by atoms with E-state index in [0.29, 0.717) is 36.4 Å². The molecule has 112 valence electrons. The summed E-state index contributed by atoms with van der Waals surface area (Å²) in [6.45, 7) is 3.14. The first-order chi connectivity index (χ1) is 10.2. The van der Waals surface area contributed by atoms with Crippen LogP contribution in [0.25, 0.3) is 0 Å². The second-order valence-corrected chi connectivity index (χ2v) is 4.57. The van der Waals surface area contributed by atoms with Gasteiger partial charge in [-0.2, -0.15) is 4.98 Å². The molecule has 2 N–H and O–H groups in total. The van der Waals surface area contributed by atoms with Crippen LogP contribution in [0.1, 0.15) is 18.9 Å². The van der Waals surface area contributed by atoms with Gasteiger partial charge in [0.15, 0.2) is 0 Å². The van der Waals surface area contributed by atoms with Crippen LogP contribution >= 0.6 is 0 Å². The van der Waals surface area contributed by atoms with Crippen LogP contribution in [0.15, 0.2) is 36.4 Å². The number of nitrogens with zero attached hydrogens (tertiary/aromatic N) is 1. The summed E-state index contributed by atoms with van der Waals surface area (Å²) in [6, 6.07) is 11.1. The molecule has 0 saturated carbocycles. The average molecular weight is 288 g/mol. The van der Waals surface area contributed by atoms with Gasteiger partial charge in [-0.3, -0.25) is 0 Å². The quantitative estimate of drug-likeness (QED) is 0.846. The van der Waals surface area contributed by atoms with Crippen LogP contribution in [-0.4, -0.2) is 18.7 Å². The van der Waals surface area contributed by atoms with Crippen LogP contribution < -0.4 is 15.2 Å². The van der Waals surface area contributed by atoms with Crippen molar-refractivity contribution in [2.45, 2.75) is 20.0 Å². The number of hydrogen-bond acceptors (Lipinski definition) is 5. The molecule has 1 aromatic heterocycles. The van der Waals surface area contributed by atoms with Crippen molar-refractivity contribution < 1.29 is 14.2 Å². The van der Waals surface area contributed by atoms with Crippen molar-refractivity contribution in [3.63, 3.8) is 0 Å². The molecule has 0 bridgehead atoms. The van der Waals surface area contributed by atoms with E-state index < -0.39 is 0 Å². The van der Waals surface area contributed by atoms with E-state index in [4.69, 9.17) is 19.9 Å². The molecule has 5 heteroatoms. The highest BCUT2D eigenvalue weighted by molar-refractivity contribution is 5.49. The zero-order valence-electron chi connectivity index (χ0n) is 12.3. The number of rotatable bonds is 7. The second kappa shape index (κ2) is 7.50. The summed E-state index contributed by atoms with van der Waals surface area (Å²) < 4.78 is 16.3. The second-order valence-electron chi connectivity index (χ2n) is 4.57. The van der Waals surface area contributed by atoms with Crippen LogP contribution in [0.3, 0.4) is 0 Å². The highest BCUT2D eigenvalue weighted by Crippen LogP contribution is 2.26. The lowest BCUT2D eigenvalue weighted by molar-refractivity contribution is 0.184. The fourth-order valence-electron chi connectivity index (χ4n) is 1.79. The monoisotopic (exact) mass is 288 g/mol. The minimum atomic E-state index is 0.405. The molecule has 0 aliphatic carbocycles. The molecule has 1 heterocycles. The Morgan fingerprint density at radius 1 is 1.19 bits per heavy atom. The lowest BCUT2D eigenvalue weighted by atomic mass is 10.2. The molecule has 0 fully saturated rings. The molecule has 2 rings (SSSR count). The third kappa shape index (κ3) is 4.36. The normalized spacial score (nSPS) is 10.4. The Morgan fingerprint density at radius 2 is 2.05 bits per heavy atom. The van der Waals surface area contributed by atoms with E-state index in [9.17, 15) is 0 Å². The minimum absolute atomic E-state index is 0.405. The molecular formula is C16H20N2O3. The van der Waals surface area contributed by atoms with Crippen molar-refractivity contribution in [3.8, 4) is 17.5 Å². The van der Waals surface area contributed by atoms with Gasteiger partial charge in [0, 0.05) is 13.2 Å². The van der Waals surface area contributed by atoms with Crippen molar-refractivity contribution >= 4 is 5.69 Å².